The van der Waals surface area contributed by atoms with Gasteiger partial charge in [-0.05, 0) is 30.7 Å². The number of anilines is 1. The molecule has 2 N–H and O–H groups in total. The van der Waals surface area contributed by atoms with Gasteiger partial charge in [-0.3, -0.25) is 4.79 Å². The molecule has 0 aliphatic heterocycles. The number of aromatic hydroxyl groups is 1. The number of hydrogen-bond acceptors (Lipinski definition) is 4. The van der Waals surface area contributed by atoms with Crippen molar-refractivity contribution in [3.63, 3.8) is 0 Å². The monoisotopic (exact) mass is 272 g/mol. The largest absolute Gasteiger partial charge is 0.504 e. The van der Waals surface area contributed by atoms with Gasteiger partial charge in [0.15, 0.2) is 11.6 Å². The number of aromatic nitrogens is 1. The van der Waals surface area contributed by atoms with Gasteiger partial charge in [0.2, 0.25) is 5.91 Å². The second-order valence-electron chi connectivity index (χ2n) is 4.18. The van der Waals surface area contributed by atoms with E-state index in [0.29, 0.717) is 19.4 Å². The van der Waals surface area contributed by atoms with Crippen LogP contribution in [-0.4, -0.2) is 22.6 Å². The van der Waals surface area contributed by atoms with E-state index in [1.54, 1.807) is 6.07 Å². The first-order valence-electron chi connectivity index (χ1n) is 6.37. The Balaban J connectivity index is 1.69. The lowest BCUT2D eigenvalue weighted by Crippen LogP contribution is -2.13. The molecule has 0 saturated heterocycles. The molecule has 20 heavy (non-hydrogen) atoms. The van der Waals surface area contributed by atoms with Crippen LogP contribution in [0.2, 0.25) is 0 Å². The van der Waals surface area contributed by atoms with Gasteiger partial charge < -0.3 is 15.2 Å². The first kappa shape index (κ1) is 13.9. The summed E-state index contributed by atoms with van der Waals surface area (Å²) in [7, 11) is 0. The first-order chi connectivity index (χ1) is 9.75. The molecule has 0 aliphatic rings. The molecule has 2 aromatic rings. The Morgan fingerprint density at radius 2 is 2.00 bits per heavy atom. The minimum Gasteiger partial charge on any atom is -0.504 e. The molecule has 5 heteroatoms. The number of benzene rings is 1. The molecule has 0 bridgehead atoms. The van der Waals surface area contributed by atoms with Gasteiger partial charge in [0.05, 0.1) is 6.61 Å². The minimum atomic E-state index is -0.198. The Bertz CT molecular complexity index is 558. The van der Waals surface area contributed by atoms with E-state index in [1.807, 2.05) is 30.3 Å². The lowest BCUT2D eigenvalue weighted by atomic mass is 10.3. The van der Waals surface area contributed by atoms with E-state index < -0.39 is 0 Å². The topological polar surface area (TPSA) is 71.5 Å². The van der Waals surface area contributed by atoms with Crippen molar-refractivity contribution >= 4 is 11.7 Å². The summed E-state index contributed by atoms with van der Waals surface area (Å²) >= 11 is 0. The third kappa shape index (κ3) is 4.28. The fraction of sp³-hybridized carbons (Fsp3) is 0.200. The van der Waals surface area contributed by atoms with Crippen LogP contribution >= 0.6 is 0 Å². The van der Waals surface area contributed by atoms with Crippen LogP contribution in [0.25, 0.3) is 0 Å². The Morgan fingerprint density at radius 3 is 2.75 bits per heavy atom. The van der Waals surface area contributed by atoms with Gasteiger partial charge >= 0.3 is 0 Å². The normalized spacial score (nSPS) is 10.0. The molecule has 0 unspecified atom stereocenters. The van der Waals surface area contributed by atoms with Gasteiger partial charge in [-0.1, -0.05) is 18.2 Å². The zero-order valence-corrected chi connectivity index (χ0v) is 11.0. The summed E-state index contributed by atoms with van der Waals surface area (Å²) in [5.41, 5.74) is 0. The number of amides is 1. The molecule has 1 amide bonds. The van der Waals surface area contributed by atoms with E-state index in [-0.39, 0.29) is 17.5 Å². The average molecular weight is 272 g/mol. The van der Waals surface area contributed by atoms with E-state index in [0.717, 1.165) is 5.75 Å². The molecule has 5 nitrogen and oxygen atoms in total. The van der Waals surface area contributed by atoms with E-state index >= 15 is 0 Å². The van der Waals surface area contributed by atoms with Gasteiger partial charge in [-0.25, -0.2) is 4.98 Å². The number of rotatable bonds is 6. The summed E-state index contributed by atoms with van der Waals surface area (Å²) in [5, 5.41) is 12.0. The Labute approximate surface area is 117 Å². The standard InChI is InChI=1S/C15H16N2O3/c18-13-8-4-10-16-15(13)17-14(19)9-5-11-20-12-6-2-1-3-7-12/h1-4,6-8,10,18H,5,9,11H2,(H,16,17,19). The zero-order valence-electron chi connectivity index (χ0n) is 11.0. The summed E-state index contributed by atoms with van der Waals surface area (Å²) in [6.07, 6.45) is 2.41. The number of carbonyl (C=O) groups excluding carboxylic acids is 1. The average Bonchev–Trinajstić information content (AvgIpc) is 2.47. The maximum absolute atomic E-state index is 11.7. The number of para-hydroxylation sites is 1. The molecule has 0 aliphatic carbocycles. The van der Waals surface area contributed by atoms with Crippen LogP contribution in [0.15, 0.2) is 48.7 Å². The molecule has 1 aromatic carbocycles. The van der Waals surface area contributed by atoms with Gasteiger partial charge in [-0.15, -0.1) is 0 Å². The summed E-state index contributed by atoms with van der Waals surface area (Å²) in [5.74, 6) is 0.730. The van der Waals surface area contributed by atoms with Crippen molar-refractivity contribution in [3.8, 4) is 11.5 Å². The predicted octanol–water partition coefficient (Wildman–Crippen LogP) is 2.58. The van der Waals surface area contributed by atoms with Crippen LogP contribution in [0.5, 0.6) is 11.5 Å². The quantitative estimate of drug-likeness (QED) is 0.793. The molecular weight excluding hydrogens is 256 g/mol. The first-order valence-corrected chi connectivity index (χ1v) is 6.37. The smallest absolute Gasteiger partial charge is 0.225 e. The summed E-state index contributed by atoms with van der Waals surface area (Å²) in [6.45, 7) is 0.464. The third-order valence-corrected chi connectivity index (χ3v) is 2.60. The molecule has 0 radical (unpaired) electrons. The van der Waals surface area contributed by atoms with Crippen molar-refractivity contribution in [1.82, 2.24) is 4.98 Å². The van der Waals surface area contributed by atoms with Crippen molar-refractivity contribution in [1.29, 1.82) is 0 Å². The molecule has 0 spiro atoms. The van der Waals surface area contributed by atoms with Crippen molar-refractivity contribution in [3.05, 3.63) is 48.7 Å². The fourth-order valence-electron chi connectivity index (χ4n) is 1.63. The van der Waals surface area contributed by atoms with E-state index in [9.17, 15) is 9.90 Å². The van der Waals surface area contributed by atoms with Crippen LogP contribution in [0.4, 0.5) is 5.82 Å². The van der Waals surface area contributed by atoms with E-state index in [4.69, 9.17) is 4.74 Å². The predicted molar refractivity (Wildman–Crippen MR) is 75.7 cm³/mol. The Hall–Kier alpha value is -2.56. The van der Waals surface area contributed by atoms with Crippen LogP contribution in [0.1, 0.15) is 12.8 Å². The Morgan fingerprint density at radius 1 is 1.20 bits per heavy atom. The summed E-state index contributed by atoms with van der Waals surface area (Å²) in [4.78, 5) is 15.5. The molecule has 1 heterocycles. The van der Waals surface area contributed by atoms with Crippen molar-refractivity contribution in [2.75, 3.05) is 11.9 Å². The summed E-state index contributed by atoms with van der Waals surface area (Å²) in [6, 6.07) is 12.5. The Kier molecular flexibility index (Phi) is 4.94. The van der Waals surface area contributed by atoms with Crippen molar-refractivity contribution in [2.24, 2.45) is 0 Å². The molecule has 1 aromatic heterocycles. The highest BCUT2D eigenvalue weighted by molar-refractivity contribution is 5.90. The number of nitrogens with one attached hydrogen (secondary N) is 1. The molecule has 0 saturated carbocycles. The second-order valence-corrected chi connectivity index (χ2v) is 4.18. The molecule has 0 atom stereocenters. The minimum absolute atomic E-state index is 0.0404. The highest BCUT2D eigenvalue weighted by Crippen LogP contribution is 2.18. The highest BCUT2D eigenvalue weighted by atomic mass is 16.5. The van der Waals surface area contributed by atoms with Crippen LogP contribution in [-0.2, 0) is 4.79 Å². The van der Waals surface area contributed by atoms with Gasteiger partial charge in [0.25, 0.3) is 0 Å². The number of ether oxygens (including phenoxy) is 1. The van der Waals surface area contributed by atoms with E-state index in [2.05, 4.69) is 10.3 Å². The lowest BCUT2D eigenvalue weighted by Gasteiger charge is -2.07. The number of carbonyl (C=O) groups is 1. The second kappa shape index (κ2) is 7.13. The molecule has 0 fully saturated rings. The van der Waals surface area contributed by atoms with Gasteiger partial charge in [0, 0.05) is 12.6 Å². The number of nitrogens with zero attached hydrogens (tertiary/aromatic N) is 1. The highest BCUT2D eigenvalue weighted by Gasteiger charge is 2.06. The maximum Gasteiger partial charge on any atom is 0.225 e. The van der Waals surface area contributed by atoms with E-state index in [1.165, 1.54) is 12.3 Å². The van der Waals surface area contributed by atoms with Crippen molar-refractivity contribution < 1.29 is 14.6 Å². The van der Waals surface area contributed by atoms with Gasteiger partial charge in [-0.2, -0.15) is 0 Å². The molecular formula is C15H16N2O3. The summed E-state index contributed by atoms with van der Waals surface area (Å²) < 4.78 is 5.49. The van der Waals surface area contributed by atoms with Crippen LogP contribution in [0.3, 0.4) is 0 Å². The SMILES string of the molecule is O=C(CCCOc1ccccc1)Nc1ncccc1O. The number of pyridine rings is 1. The zero-order chi connectivity index (χ0) is 14.2. The maximum atomic E-state index is 11.7. The lowest BCUT2D eigenvalue weighted by molar-refractivity contribution is -0.116. The van der Waals surface area contributed by atoms with Crippen LogP contribution in [0, 0.1) is 0 Å². The van der Waals surface area contributed by atoms with Gasteiger partial charge in [0.1, 0.15) is 5.75 Å². The van der Waals surface area contributed by atoms with Crippen molar-refractivity contribution in [2.45, 2.75) is 12.8 Å². The van der Waals surface area contributed by atoms with Crippen LogP contribution < -0.4 is 10.1 Å². The molecule has 2 rings (SSSR count). The molecule has 104 valence electrons. The number of hydrogen-bond donors (Lipinski definition) is 2. The third-order valence-electron chi connectivity index (χ3n) is 2.60. The fourth-order valence-corrected chi connectivity index (χ4v) is 1.63.